The van der Waals surface area contributed by atoms with Gasteiger partial charge in [-0.1, -0.05) is 61.5 Å². The molecule has 1 nitrogen and oxygen atoms in total. The van der Waals surface area contributed by atoms with Gasteiger partial charge in [0.1, 0.15) is 0 Å². The summed E-state index contributed by atoms with van der Waals surface area (Å²) in [5.74, 6) is 1.45. The molecule has 0 aliphatic heterocycles. The zero-order valence-electron chi connectivity index (χ0n) is 16.1. The molecule has 138 valence electrons. The first-order valence-corrected chi connectivity index (χ1v) is 10.2. The van der Waals surface area contributed by atoms with Gasteiger partial charge in [-0.25, -0.2) is 0 Å². The summed E-state index contributed by atoms with van der Waals surface area (Å²) in [6.07, 6.45) is 9.21. The van der Waals surface area contributed by atoms with Crippen LogP contribution in [0.4, 0.5) is 0 Å². The molecule has 26 heavy (non-hydrogen) atoms. The average molecular weight is 349 g/mol. The molecule has 0 amide bonds. The van der Waals surface area contributed by atoms with Gasteiger partial charge < -0.3 is 4.74 Å². The summed E-state index contributed by atoms with van der Waals surface area (Å²) in [5.41, 5.74) is 5.67. The maximum absolute atomic E-state index is 5.64. The first-order valence-electron chi connectivity index (χ1n) is 10.2. The standard InChI is InChI=1S/C25H32O/c1-3-5-20-6-10-22(11-7-20)24-14-16-25(17-15-24)23-12-8-21(9-13-23)19-26-18-4-2/h3,6-13,24-25H,1,4-5,14-19H2,2H3/t24-,25-. The molecule has 1 fully saturated rings. The Morgan fingerprint density at radius 3 is 1.81 bits per heavy atom. The van der Waals surface area contributed by atoms with E-state index in [4.69, 9.17) is 4.74 Å². The second-order valence-electron chi connectivity index (χ2n) is 7.58. The van der Waals surface area contributed by atoms with Crippen LogP contribution in [-0.2, 0) is 17.8 Å². The summed E-state index contributed by atoms with van der Waals surface area (Å²) in [6.45, 7) is 7.56. The normalized spacial score (nSPS) is 20.0. The Morgan fingerprint density at radius 1 is 0.846 bits per heavy atom. The third-order valence-electron chi connectivity index (χ3n) is 5.63. The molecule has 0 atom stereocenters. The van der Waals surface area contributed by atoms with Crippen LogP contribution in [0.15, 0.2) is 61.2 Å². The van der Waals surface area contributed by atoms with E-state index in [0.29, 0.717) is 0 Å². The van der Waals surface area contributed by atoms with E-state index in [-0.39, 0.29) is 0 Å². The van der Waals surface area contributed by atoms with E-state index < -0.39 is 0 Å². The van der Waals surface area contributed by atoms with Crippen LogP contribution in [0, 0.1) is 0 Å². The molecular weight excluding hydrogens is 316 g/mol. The van der Waals surface area contributed by atoms with Crippen LogP contribution < -0.4 is 0 Å². The quantitative estimate of drug-likeness (QED) is 0.377. The predicted octanol–water partition coefficient (Wildman–Crippen LogP) is 6.78. The maximum atomic E-state index is 5.64. The minimum atomic E-state index is 0.719. The van der Waals surface area contributed by atoms with E-state index in [1.165, 1.54) is 47.9 Å². The lowest BCUT2D eigenvalue weighted by atomic mass is 9.76. The highest BCUT2D eigenvalue weighted by Gasteiger charge is 2.23. The van der Waals surface area contributed by atoms with Crippen molar-refractivity contribution in [3.63, 3.8) is 0 Å². The van der Waals surface area contributed by atoms with Gasteiger partial charge in [-0.3, -0.25) is 0 Å². The minimum absolute atomic E-state index is 0.719. The predicted molar refractivity (Wildman–Crippen MR) is 111 cm³/mol. The SMILES string of the molecule is C=CCc1ccc([C@H]2CC[C@H](c3ccc(COCCC)cc3)CC2)cc1. The second-order valence-corrected chi connectivity index (χ2v) is 7.58. The average Bonchev–Trinajstić information content (AvgIpc) is 2.70. The molecule has 0 unspecified atom stereocenters. The van der Waals surface area contributed by atoms with Gasteiger partial charge in [-0.2, -0.15) is 0 Å². The van der Waals surface area contributed by atoms with Gasteiger partial charge in [0.15, 0.2) is 0 Å². The van der Waals surface area contributed by atoms with E-state index >= 15 is 0 Å². The zero-order valence-corrected chi connectivity index (χ0v) is 16.1. The Hall–Kier alpha value is -1.86. The van der Waals surface area contributed by atoms with Crippen molar-refractivity contribution in [3.8, 4) is 0 Å². The molecule has 1 aliphatic carbocycles. The van der Waals surface area contributed by atoms with Crippen molar-refractivity contribution >= 4 is 0 Å². The zero-order chi connectivity index (χ0) is 18.2. The molecule has 3 rings (SSSR count). The fourth-order valence-corrected chi connectivity index (χ4v) is 4.07. The van der Waals surface area contributed by atoms with Gasteiger partial charge in [0.05, 0.1) is 6.61 Å². The van der Waals surface area contributed by atoms with Crippen LogP contribution in [0.25, 0.3) is 0 Å². The fourth-order valence-electron chi connectivity index (χ4n) is 4.07. The number of benzene rings is 2. The Kier molecular flexibility index (Phi) is 7.08. The van der Waals surface area contributed by atoms with E-state index in [1.54, 1.807) is 0 Å². The number of ether oxygens (including phenoxy) is 1. The first-order chi connectivity index (χ1) is 12.8. The molecule has 0 heterocycles. The van der Waals surface area contributed by atoms with Gasteiger partial charge in [-0.15, -0.1) is 6.58 Å². The molecule has 1 aliphatic rings. The van der Waals surface area contributed by atoms with Crippen LogP contribution in [0.2, 0.25) is 0 Å². The van der Waals surface area contributed by atoms with Crippen molar-refractivity contribution in [1.82, 2.24) is 0 Å². The number of allylic oxidation sites excluding steroid dienone is 1. The molecule has 1 heteroatoms. The molecule has 1 saturated carbocycles. The molecule has 2 aromatic rings. The third kappa shape index (κ3) is 5.08. The Balaban J connectivity index is 1.52. The van der Waals surface area contributed by atoms with Crippen LogP contribution in [0.5, 0.6) is 0 Å². The van der Waals surface area contributed by atoms with Gasteiger partial charge in [0.2, 0.25) is 0 Å². The van der Waals surface area contributed by atoms with E-state index in [9.17, 15) is 0 Å². The van der Waals surface area contributed by atoms with Crippen LogP contribution in [0.1, 0.15) is 73.1 Å². The molecule has 0 saturated heterocycles. The molecule has 0 spiro atoms. The largest absolute Gasteiger partial charge is 0.377 e. The van der Waals surface area contributed by atoms with Crippen molar-refractivity contribution < 1.29 is 4.74 Å². The Labute approximate surface area is 159 Å². The first kappa shape index (κ1) is 18.9. The Bertz CT molecular complexity index is 660. The van der Waals surface area contributed by atoms with Crippen molar-refractivity contribution in [3.05, 3.63) is 83.4 Å². The van der Waals surface area contributed by atoms with Crippen molar-refractivity contribution in [2.45, 2.75) is 63.9 Å². The lowest BCUT2D eigenvalue weighted by Crippen LogP contribution is -2.12. The molecular formula is C25H32O. The van der Waals surface area contributed by atoms with Crippen molar-refractivity contribution in [1.29, 1.82) is 0 Å². The maximum Gasteiger partial charge on any atom is 0.0716 e. The smallest absolute Gasteiger partial charge is 0.0716 e. The number of hydrogen-bond acceptors (Lipinski definition) is 1. The number of hydrogen-bond donors (Lipinski definition) is 0. The lowest BCUT2D eigenvalue weighted by Gasteiger charge is -2.29. The summed E-state index contributed by atoms with van der Waals surface area (Å²) >= 11 is 0. The van der Waals surface area contributed by atoms with Crippen LogP contribution in [-0.4, -0.2) is 6.61 Å². The molecule has 0 radical (unpaired) electrons. The van der Waals surface area contributed by atoms with Crippen LogP contribution >= 0.6 is 0 Å². The molecule has 2 aromatic carbocycles. The fraction of sp³-hybridized carbons (Fsp3) is 0.440. The summed E-state index contributed by atoms with van der Waals surface area (Å²) < 4.78 is 5.64. The lowest BCUT2D eigenvalue weighted by molar-refractivity contribution is 0.121. The van der Waals surface area contributed by atoms with Crippen molar-refractivity contribution in [2.75, 3.05) is 6.61 Å². The number of rotatable bonds is 8. The van der Waals surface area contributed by atoms with E-state index in [0.717, 1.165) is 37.9 Å². The van der Waals surface area contributed by atoms with Gasteiger partial charge in [-0.05, 0) is 72.6 Å². The highest BCUT2D eigenvalue weighted by atomic mass is 16.5. The van der Waals surface area contributed by atoms with Crippen LogP contribution in [0.3, 0.4) is 0 Å². The topological polar surface area (TPSA) is 9.23 Å². The van der Waals surface area contributed by atoms with E-state index in [1.807, 2.05) is 6.08 Å². The molecule has 0 bridgehead atoms. The third-order valence-corrected chi connectivity index (χ3v) is 5.63. The summed E-state index contributed by atoms with van der Waals surface area (Å²) in [6, 6.07) is 18.3. The summed E-state index contributed by atoms with van der Waals surface area (Å²) in [7, 11) is 0. The highest BCUT2D eigenvalue weighted by molar-refractivity contribution is 5.29. The molecule has 0 aromatic heterocycles. The Morgan fingerprint density at radius 2 is 1.35 bits per heavy atom. The summed E-state index contributed by atoms with van der Waals surface area (Å²) in [5, 5.41) is 0. The highest BCUT2D eigenvalue weighted by Crippen LogP contribution is 2.40. The monoisotopic (exact) mass is 348 g/mol. The molecule has 0 N–H and O–H groups in total. The van der Waals surface area contributed by atoms with E-state index in [2.05, 4.69) is 62.0 Å². The van der Waals surface area contributed by atoms with Crippen molar-refractivity contribution in [2.24, 2.45) is 0 Å². The van der Waals surface area contributed by atoms with Gasteiger partial charge in [0.25, 0.3) is 0 Å². The summed E-state index contributed by atoms with van der Waals surface area (Å²) in [4.78, 5) is 0. The minimum Gasteiger partial charge on any atom is -0.377 e. The second kappa shape index (κ2) is 9.73. The van der Waals surface area contributed by atoms with Gasteiger partial charge >= 0.3 is 0 Å². The van der Waals surface area contributed by atoms with Gasteiger partial charge in [0, 0.05) is 6.61 Å².